The quantitative estimate of drug-likeness (QED) is 0.698. The summed E-state index contributed by atoms with van der Waals surface area (Å²) in [5.74, 6) is 0.323. The van der Waals surface area contributed by atoms with Gasteiger partial charge in [-0.15, -0.1) is 0 Å². The van der Waals surface area contributed by atoms with Gasteiger partial charge in [0.1, 0.15) is 0 Å². The Morgan fingerprint density at radius 1 is 1.19 bits per heavy atom. The molecule has 0 atom stereocenters. The zero-order chi connectivity index (χ0) is 11.8. The molecule has 0 amide bonds. The van der Waals surface area contributed by atoms with Crippen LogP contribution in [0.5, 0.6) is 0 Å². The van der Waals surface area contributed by atoms with E-state index >= 15 is 0 Å². The Bertz CT molecular complexity index is 410. The summed E-state index contributed by atoms with van der Waals surface area (Å²) in [4.78, 5) is 11.7. The van der Waals surface area contributed by atoms with Crippen LogP contribution in [-0.4, -0.2) is 5.78 Å². The third-order valence-corrected chi connectivity index (χ3v) is 3.05. The zero-order valence-corrected chi connectivity index (χ0v) is 10.5. The molecule has 0 saturated heterocycles. The van der Waals surface area contributed by atoms with Crippen LogP contribution in [-0.2, 0) is 12.8 Å². The van der Waals surface area contributed by atoms with E-state index in [0.717, 1.165) is 31.2 Å². The minimum Gasteiger partial charge on any atom is -0.294 e. The maximum Gasteiger partial charge on any atom is 0.163 e. The number of aryl methyl sites for hydroxylation is 1. The van der Waals surface area contributed by atoms with E-state index in [1.807, 2.05) is 6.07 Å². The molecule has 0 unspecified atom stereocenters. The lowest BCUT2D eigenvalue weighted by Gasteiger charge is -2.20. The molecule has 1 aromatic carbocycles. The Labute approximate surface area is 97.9 Å². The van der Waals surface area contributed by atoms with Crippen molar-refractivity contribution in [1.29, 1.82) is 0 Å². The lowest BCUT2D eigenvalue weighted by Crippen LogP contribution is -2.13. The summed E-state index contributed by atoms with van der Waals surface area (Å²) >= 11 is 0. The highest BCUT2D eigenvalue weighted by atomic mass is 16.1. The van der Waals surface area contributed by atoms with Gasteiger partial charge in [-0.2, -0.15) is 0 Å². The molecule has 0 N–H and O–H groups in total. The number of hydrogen-bond donors (Lipinski definition) is 0. The van der Waals surface area contributed by atoms with E-state index in [1.165, 1.54) is 11.1 Å². The fraction of sp³-hybridized carbons (Fsp3) is 0.533. The van der Waals surface area contributed by atoms with Crippen LogP contribution in [0.1, 0.15) is 55.1 Å². The Balaban J connectivity index is 2.29. The predicted octanol–water partition coefficient (Wildman–Crippen LogP) is 3.79. The summed E-state index contributed by atoms with van der Waals surface area (Å²) in [7, 11) is 0. The SMILES string of the molecule is CC(C)(C)Cc1ccc2c(c1)CCCC2=O. The van der Waals surface area contributed by atoms with Gasteiger partial charge in [-0.05, 0) is 35.8 Å². The lowest BCUT2D eigenvalue weighted by atomic mass is 9.84. The Kier molecular flexibility index (Phi) is 2.88. The van der Waals surface area contributed by atoms with Crippen molar-refractivity contribution < 1.29 is 4.79 Å². The third kappa shape index (κ3) is 2.52. The van der Waals surface area contributed by atoms with E-state index in [0.29, 0.717) is 11.2 Å². The van der Waals surface area contributed by atoms with E-state index in [1.54, 1.807) is 0 Å². The Morgan fingerprint density at radius 2 is 1.94 bits per heavy atom. The smallest absolute Gasteiger partial charge is 0.163 e. The highest BCUT2D eigenvalue weighted by Gasteiger charge is 2.18. The standard InChI is InChI=1S/C15H20O/c1-15(2,3)10-11-7-8-13-12(9-11)5-4-6-14(13)16/h7-9H,4-6,10H2,1-3H3. The molecule has 0 heterocycles. The van der Waals surface area contributed by atoms with Gasteiger partial charge >= 0.3 is 0 Å². The zero-order valence-electron chi connectivity index (χ0n) is 10.5. The molecular formula is C15H20O. The average molecular weight is 216 g/mol. The molecule has 16 heavy (non-hydrogen) atoms. The number of rotatable bonds is 1. The highest BCUT2D eigenvalue weighted by molar-refractivity contribution is 5.98. The Hall–Kier alpha value is -1.11. The van der Waals surface area contributed by atoms with Crippen molar-refractivity contribution in [2.75, 3.05) is 0 Å². The van der Waals surface area contributed by atoms with Crippen LogP contribution in [0.3, 0.4) is 0 Å². The first kappa shape index (κ1) is 11.4. The molecule has 1 aliphatic rings. The maximum absolute atomic E-state index is 11.7. The molecule has 0 aromatic heterocycles. The number of hydrogen-bond acceptors (Lipinski definition) is 1. The van der Waals surface area contributed by atoms with E-state index in [-0.39, 0.29) is 0 Å². The molecule has 0 fully saturated rings. The number of ketones is 1. The van der Waals surface area contributed by atoms with Crippen LogP contribution in [0.2, 0.25) is 0 Å². The normalized spacial score (nSPS) is 16.1. The fourth-order valence-corrected chi connectivity index (χ4v) is 2.42. The topological polar surface area (TPSA) is 17.1 Å². The second-order valence-electron chi connectivity index (χ2n) is 6.01. The molecule has 2 rings (SSSR count). The summed E-state index contributed by atoms with van der Waals surface area (Å²) in [5.41, 5.74) is 3.90. The number of fused-ring (bicyclic) bond motifs is 1. The van der Waals surface area contributed by atoms with Crippen molar-refractivity contribution >= 4 is 5.78 Å². The second kappa shape index (κ2) is 4.04. The van der Waals surface area contributed by atoms with Crippen molar-refractivity contribution in [1.82, 2.24) is 0 Å². The number of benzene rings is 1. The maximum atomic E-state index is 11.7. The number of carbonyl (C=O) groups excluding carboxylic acids is 1. The van der Waals surface area contributed by atoms with E-state index in [9.17, 15) is 4.79 Å². The first-order valence-electron chi connectivity index (χ1n) is 6.11. The van der Waals surface area contributed by atoms with Crippen molar-refractivity contribution in [3.05, 3.63) is 34.9 Å². The predicted molar refractivity (Wildman–Crippen MR) is 66.9 cm³/mol. The molecule has 1 heteroatoms. The molecule has 0 radical (unpaired) electrons. The van der Waals surface area contributed by atoms with Crippen molar-refractivity contribution in [2.45, 2.75) is 46.5 Å². The Morgan fingerprint density at radius 3 is 2.62 bits per heavy atom. The highest BCUT2D eigenvalue weighted by Crippen LogP contribution is 2.26. The van der Waals surface area contributed by atoms with Crippen LogP contribution in [0.25, 0.3) is 0 Å². The molecule has 0 saturated carbocycles. The average Bonchev–Trinajstić information content (AvgIpc) is 2.15. The third-order valence-electron chi connectivity index (χ3n) is 3.05. The van der Waals surface area contributed by atoms with Crippen LogP contribution in [0, 0.1) is 5.41 Å². The van der Waals surface area contributed by atoms with Crippen LogP contribution in [0.4, 0.5) is 0 Å². The first-order chi connectivity index (χ1) is 7.46. The van der Waals surface area contributed by atoms with Gasteiger partial charge in [0, 0.05) is 12.0 Å². The molecule has 0 spiro atoms. The lowest BCUT2D eigenvalue weighted by molar-refractivity contribution is 0.0972. The molecule has 1 nitrogen and oxygen atoms in total. The summed E-state index contributed by atoms with van der Waals surface area (Å²) in [5, 5.41) is 0. The summed E-state index contributed by atoms with van der Waals surface area (Å²) in [6, 6.07) is 6.38. The van der Waals surface area contributed by atoms with Gasteiger partial charge in [-0.1, -0.05) is 39.0 Å². The molecular weight excluding hydrogens is 196 g/mol. The molecule has 86 valence electrons. The van der Waals surface area contributed by atoms with Gasteiger partial charge in [-0.3, -0.25) is 4.79 Å². The van der Waals surface area contributed by atoms with Gasteiger partial charge in [0.15, 0.2) is 5.78 Å². The summed E-state index contributed by atoms with van der Waals surface area (Å²) < 4.78 is 0. The fourth-order valence-electron chi connectivity index (χ4n) is 2.42. The van der Waals surface area contributed by atoms with Gasteiger partial charge in [0.2, 0.25) is 0 Å². The van der Waals surface area contributed by atoms with Crippen LogP contribution < -0.4 is 0 Å². The van der Waals surface area contributed by atoms with E-state index in [4.69, 9.17) is 0 Å². The van der Waals surface area contributed by atoms with Crippen LogP contribution in [0.15, 0.2) is 18.2 Å². The van der Waals surface area contributed by atoms with Crippen molar-refractivity contribution in [3.8, 4) is 0 Å². The largest absolute Gasteiger partial charge is 0.294 e. The second-order valence-corrected chi connectivity index (χ2v) is 6.01. The molecule has 0 bridgehead atoms. The van der Waals surface area contributed by atoms with E-state index < -0.39 is 0 Å². The van der Waals surface area contributed by atoms with Crippen molar-refractivity contribution in [3.63, 3.8) is 0 Å². The minimum absolute atomic E-state index is 0.312. The first-order valence-corrected chi connectivity index (χ1v) is 6.11. The van der Waals surface area contributed by atoms with Gasteiger partial charge in [0.05, 0.1) is 0 Å². The van der Waals surface area contributed by atoms with Crippen LogP contribution >= 0.6 is 0 Å². The monoisotopic (exact) mass is 216 g/mol. The number of Topliss-reactive ketones (excluding diaryl/α,β-unsaturated/α-hetero) is 1. The molecule has 1 aliphatic carbocycles. The van der Waals surface area contributed by atoms with Gasteiger partial charge < -0.3 is 0 Å². The molecule has 1 aromatic rings. The minimum atomic E-state index is 0.312. The van der Waals surface area contributed by atoms with Gasteiger partial charge in [0.25, 0.3) is 0 Å². The number of carbonyl (C=O) groups is 1. The van der Waals surface area contributed by atoms with E-state index in [2.05, 4.69) is 32.9 Å². The molecule has 0 aliphatic heterocycles. The van der Waals surface area contributed by atoms with Gasteiger partial charge in [-0.25, -0.2) is 0 Å². The van der Waals surface area contributed by atoms with Crippen molar-refractivity contribution in [2.24, 2.45) is 5.41 Å². The summed E-state index contributed by atoms with van der Waals surface area (Å²) in [6.07, 6.45) is 3.89. The summed E-state index contributed by atoms with van der Waals surface area (Å²) in [6.45, 7) is 6.74.